The van der Waals surface area contributed by atoms with Crippen molar-refractivity contribution >= 4 is 11.6 Å². The molecule has 0 heterocycles. The molecule has 2 N–H and O–H groups in total. The highest BCUT2D eigenvalue weighted by Gasteiger charge is 2.06. The summed E-state index contributed by atoms with van der Waals surface area (Å²) >= 11 is 0. The summed E-state index contributed by atoms with van der Waals surface area (Å²) in [4.78, 5) is 11.8. The maximum atomic E-state index is 11.8. The van der Waals surface area contributed by atoms with Gasteiger partial charge in [-0.2, -0.15) is 0 Å². The molecule has 1 aromatic carbocycles. The van der Waals surface area contributed by atoms with E-state index >= 15 is 0 Å². The normalized spacial score (nSPS) is 10.3. The minimum atomic E-state index is -0.00139. The number of rotatable bonds is 9. The second kappa shape index (κ2) is 9.40. The monoisotopic (exact) mass is 276 g/mol. The van der Waals surface area contributed by atoms with Gasteiger partial charge in [-0.25, -0.2) is 0 Å². The first-order chi connectivity index (χ1) is 9.69. The van der Waals surface area contributed by atoms with Gasteiger partial charge >= 0.3 is 0 Å². The van der Waals surface area contributed by atoms with Crippen molar-refractivity contribution in [1.82, 2.24) is 5.32 Å². The van der Waals surface area contributed by atoms with Crippen LogP contribution >= 0.6 is 0 Å². The van der Waals surface area contributed by atoms with E-state index in [1.54, 1.807) is 0 Å². The first kappa shape index (κ1) is 16.5. The van der Waals surface area contributed by atoms with E-state index in [1.165, 1.54) is 37.7 Å². The minimum absolute atomic E-state index is 0.00139. The molecule has 3 heteroatoms. The zero-order valence-electron chi connectivity index (χ0n) is 13.1. The minimum Gasteiger partial charge on any atom is -0.385 e. The molecule has 0 aliphatic carbocycles. The van der Waals surface area contributed by atoms with Gasteiger partial charge in [0.25, 0.3) is 5.91 Å². The largest absolute Gasteiger partial charge is 0.385 e. The van der Waals surface area contributed by atoms with E-state index in [9.17, 15) is 4.79 Å². The summed E-state index contributed by atoms with van der Waals surface area (Å²) in [6, 6.07) is 5.84. The predicted molar refractivity (Wildman–Crippen MR) is 86.4 cm³/mol. The van der Waals surface area contributed by atoms with Crippen molar-refractivity contribution in [3.8, 4) is 0 Å². The molecule has 3 nitrogen and oxygen atoms in total. The lowest BCUT2D eigenvalue weighted by molar-refractivity contribution is 0.0956. The van der Waals surface area contributed by atoms with Crippen molar-refractivity contribution in [2.75, 3.05) is 18.4 Å². The van der Waals surface area contributed by atoms with Crippen molar-refractivity contribution in [3.63, 3.8) is 0 Å². The molecular weight excluding hydrogens is 248 g/mol. The molecule has 1 amide bonds. The molecule has 1 rings (SSSR count). The number of anilines is 1. The number of hydrogen-bond donors (Lipinski definition) is 2. The Balaban J connectivity index is 2.48. The van der Waals surface area contributed by atoms with E-state index in [0.29, 0.717) is 6.54 Å². The summed E-state index contributed by atoms with van der Waals surface area (Å²) in [5.41, 5.74) is 2.99. The Labute approximate surface area is 123 Å². The highest BCUT2D eigenvalue weighted by atomic mass is 16.1. The molecule has 0 radical (unpaired) electrons. The fourth-order valence-electron chi connectivity index (χ4n) is 2.17. The molecule has 0 saturated carbocycles. The Kier molecular flexibility index (Phi) is 7.78. The lowest BCUT2D eigenvalue weighted by atomic mass is 10.1. The second-order valence-corrected chi connectivity index (χ2v) is 5.23. The molecular formula is C17H28N2O. The fourth-order valence-corrected chi connectivity index (χ4v) is 2.17. The summed E-state index contributed by atoms with van der Waals surface area (Å²) in [5.74, 6) is -0.00139. The van der Waals surface area contributed by atoms with Gasteiger partial charge in [0.05, 0.1) is 0 Å². The number of hydrogen-bond acceptors (Lipinski definition) is 2. The van der Waals surface area contributed by atoms with Crippen LogP contribution in [0.3, 0.4) is 0 Å². The van der Waals surface area contributed by atoms with Gasteiger partial charge in [0.2, 0.25) is 0 Å². The molecule has 0 aliphatic heterocycles. The molecule has 20 heavy (non-hydrogen) atoms. The van der Waals surface area contributed by atoms with Crippen LogP contribution < -0.4 is 10.6 Å². The molecule has 0 bridgehead atoms. The molecule has 0 spiro atoms. The SMILES string of the molecule is CCCCCCCNc1cc(C(=O)NCC)ccc1C. The van der Waals surface area contributed by atoms with E-state index in [0.717, 1.165) is 17.8 Å². The number of aryl methyl sites for hydroxylation is 1. The van der Waals surface area contributed by atoms with Crippen LogP contribution in [0.5, 0.6) is 0 Å². The van der Waals surface area contributed by atoms with Crippen molar-refractivity contribution in [2.45, 2.75) is 52.9 Å². The average molecular weight is 276 g/mol. The van der Waals surface area contributed by atoms with Gasteiger partial charge in [-0.15, -0.1) is 0 Å². The van der Waals surface area contributed by atoms with E-state index in [4.69, 9.17) is 0 Å². The standard InChI is InChI=1S/C17H28N2O/c1-4-6-7-8-9-12-19-16-13-15(11-10-14(16)3)17(20)18-5-2/h10-11,13,19H,4-9,12H2,1-3H3,(H,18,20). The maximum absolute atomic E-state index is 11.8. The number of unbranched alkanes of at least 4 members (excludes halogenated alkanes) is 4. The van der Waals surface area contributed by atoms with Gasteiger partial charge in [0.1, 0.15) is 0 Å². The van der Waals surface area contributed by atoms with Crippen LogP contribution in [0, 0.1) is 6.92 Å². The summed E-state index contributed by atoms with van der Waals surface area (Å²) in [5, 5.41) is 6.28. The zero-order valence-corrected chi connectivity index (χ0v) is 13.1. The average Bonchev–Trinajstić information content (AvgIpc) is 2.44. The fraction of sp³-hybridized carbons (Fsp3) is 0.588. The van der Waals surface area contributed by atoms with Crippen LogP contribution in [0.25, 0.3) is 0 Å². The third kappa shape index (κ3) is 5.64. The first-order valence-corrected chi connectivity index (χ1v) is 7.81. The van der Waals surface area contributed by atoms with E-state index in [2.05, 4.69) is 24.5 Å². The van der Waals surface area contributed by atoms with Gasteiger partial charge < -0.3 is 10.6 Å². The molecule has 0 atom stereocenters. The van der Waals surface area contributed by atoms with Crippen LogP contribution in [-0.2, 0) is 0 Å². The molecule has 0 fully saturated rings. The van der Waals surface area contributed by atoms with E-state index in [-0.39, 0.29) is 5.91 Å². The Bertz CT molecular complexity index is 415. The van der Waals surface area contributed by atoms with Crippen LogP contribution in [0.2, 0.25) is 0 Å². The molecule has 0 saturated heterocycles. The topological polar surface area (TPSA) is 41.1 Å². The van der Waals surface area contributed by atoms with Crippen LogP contribution in [0.15, 0.2) is 18.2 Å². The van der Waals surface area contributed by atoms with Gasteiger partial charge in [-0.05, 0) is 38.0 Å². The van der Waals surface area contributed by atoms with Crippen LogP contribution in [0.4, 0.5) is 5.69 Å². The molecule has 0 aliphatic rings. The number of amides is 1. The smallest absolute Gasteiger partial charge is 0.251 e. The maximum Gasteiger partial charge on any atom is 0.251 e. The number of benzene rings is 1. The summed E-state index contributed by atoms with van der Waals surface area (Å²) in [6.45, 7) is 7.87. The molecule has 1 aromatic rings. The Morgan fingerprint density at radius 3 is 2.55 bits per heavy atom. The van der Waals surface area contributed by atoms with Crippen LogP contribution in [-0.4, -0.2) is 19.0 Å². The Morgan fingerprint density at radius 1 is 1.10 bits per heavy atom. The lowest BCUT2D eigenvalue weighted by Gasteiger charge is -2.11. The number of nitrogens with one attached hydrogen (secondary N) is 2. The molecule has 0 aromatic heterocycles. The summed E-state index contributed by atoms with van der Waals surface area (Å²) in [7, 11) is 0. The van der Waals surface area contributed by atoms with Crippen LogP contribution in [0.1, 0.15) is 61.9 Å². The highest BCUT2D eigenvalue weighted by Crippen LogP contribution is 2.17. The third-order valence-electron chi connectivity index (χ3n) is 3.43. The quantitative estimate of drug-likeness (QED) is 0.666. The van der Waals surface area contributed by atoms with Crippen molar-refractivity contribution in [1.29, 1.82) is 0 Å². The lowest BCUT2D eigenvalue weighted by Crippen LogP contribution is -2.22. The second-order valence-electron chi connectivity index (χ2n) is 5.23. The van der Waals surface area contributed by atoms with Crippen molar-refractivity contribution in [3.05, 3.63) is 29.3 Å². The van der Waals surface area contributed by atoms with E-state index in [1.807, 2.05) is 25.1 Å². The van der Waals surface area contributed by atoms with Crippen molar-refractivity contribution in [2.24, 2.45) is 0 Å². The van der Waals surface area contributed by atoms with Gasteiger partial charge in [-0.3, -0.25) is 4.79 Å². The van der Waals surface area contributed by atoms with E-state index < -0.39 is 0 Å². The van der Waals surface area contributed by atoms with Gasteiger partial charge in [0, 0.05) is 24.3 Å². The predicted octanol–water partition coefficient (Wildman–Crippen LogP) is 4.13. The van der Waals surface area contributed by atoms with Gasteiger partial charge in [0.15, 0.2) is 0 Å². The zero-order chi connectivity index (χ0) is 14.8. The molecule has 0 unspecified atom stereocenters. The van der Waals surface area contributed by atoms with Crippen molar-refractivity contribution < 1.29 is 4.79 Å². The number of carbonyl (C=O) groups is 1. The summed E-state index contributed by atoms with van der Waals surface area (Å²) in [6.07, 6.45) is 6.38. The first-order valence-electron chi connectivity index (χ1n) is 7.81. The summed E-state index contributed by atoms with van der Waals surface area (Å²) < 4.78 is 0. The third-order valence-corrected chi connectivity index (χ3v) is 3.43. The Hall–Kier alpha value is -1.51. The number of carbonyl (C=O) groups excluding carboxylic acids is 1. The highest BCUT2D eigenvalue weighted by molar-refractivity contribution is 5.95. The van der Waals surface area contributed by atoms with Gasteiger partial charge in [-0.1, -0.05) is 38.7 Å². The molecule has 112 valence electrons. The Morgan fingerprint density at radius 2 is 1.85 bits per heavy atom.